The molecule has 6 heteroatoms. The maximum absolute atomic E-state index is 11.3. The van der Waals surface area contributed by atoms with Gasteiger partial charge in [-0.1, -0.05) is 18.2 Å². The number of phenolic OH excluding ortho intramolecular Hbond substituents is 1. The summed E-state index contributed by atoms with van der Waals surface area (Å²) in [4.78, 5) is 11.3. The van der Waals surface area contributed by atoms with Crippen LogP contribution in [0.1, 0.15) is 23.6 Å². The molecule has 1 aromatic rings. The normalized spacial score (nSPS) is 23.6. The fourth-order valence-electron chi connectivity index (χ4n) is 2.00. The summed E-state index contributed by atoms with van der Waals surface area (Å²) in [6.07, 6.45) is 0.542. The third-order valence-corrected chi connectivity index (χ3v) is 3.01. The molecule has 6 nitrogen and oxygen atoms in total. The van der Waals surface area contributed by atoms with Crippen LogP contribution in [-0.2, 0) is 4.79 Å². The smallest absolute Gasteiger partial charge is 0.252 e. The van der Waals surface area contributed by atoms with Crippen LogP contribution in [0.5, 0.6) is 5.75 Å². The first-order valence-electron chi connectivity index (χ1n) is 5.43. The number of rotatable bonds is 2. The van der Waals surface area contributed by atoms with E-state index in [0.717, 1.165) is 11.1 Å². The largest absolute Gasteiger partial charge is 0.507 e. The average Bonchev–Trinajstić information content (AvgIpc) is 2.81. The molecule has 1 saturated heterocycles. The van der Waals surface area contributed by atoms with Gasteiger partial charge in [-0.15, -0.1) is 0 Å². The quantitative estimate of drug-likeness (QED) is 0.273. The summed E-state index contributed by atoms with van der Waals surface area (Å²) in [5, 5.41) is 9.95. The van der Waals surface area contributed by atoms with Crippen LogP contribution < -0.4 is 22.1 Å². The standard InChI is InChI=1S/C11H16N4O2/c1-6-3-2-4-7(10(6)16)8-5-9(15-14-8)11(17)13-12/h2-4,8-9,14-16H,5,12H2,1H3,(H,13,17). The molecule has 0 aromatic heterocycles. The summed E-state index contributed by atoms with van der Waals surface area (Å²) in [6, 6.07) is 5.07. The number of para-hydroxylation sites is 1. The lowest BCUT2D eigenvalue weighted by molar-refractivity contribution is -0.122. The van der Waals surface area contributed by atoms with Crippen molar-refractivity contribution < 1.29 is 9.90 Å². The number of carbonyl (C=O) groups is 1. The van der Waals surface area contributed by atoms with E-state index in [0.29, 0.717) is 6.42 Å². The lowest BCUT2D eigenvalue weighted by Gasteiger charge is -2.13. The molecule has 0 bridgehead atoms. The van der Waals surface area contributed by atoms with Gasteiger partial charge in [0.25, 0.3) is 5.91 Å². The summed E-state index contributed by atoms with van der Waals surface area (Å²) in [5.41, 5.74) is 9.53. The Morgan fingerprint density at radius 2 is 2.29 bits per heavy atom. The lowest BCUT2D eigenvalue weighted by atomic mass is 9.99. The number of amides is 1. The van der Waals surface area contributed by atoms with E-state index in [2.05, 4.69) is 16.3 Å². The molecule has 92 valence electrons. The Bertz CT molecular complexity index is 435. The fraction of sp³-hybridized carbons (Fsp3) is 0.364. The number of nitrogens with two attached hydrogens (primary N) is 1. The molecule has 0 saturated carbocycles. The number of benzene rings is 1. The van der Waals surface area contributed by atoms with Gasteiger partial charge in [0.15, 0.2) is 0 Å². The zero-order valence-corrected chi connectivity index (χ0v) is 9.53. The summed E-state index contributed by atoms with van der Waals surface area (Å²) in [6.45, 7) is 1.84. The summed E-state index contributed by atoms with van der Waals surface area (Å²) in [5.74, 6) is 5.07. The minimum Gasteiger partial charge on any atom is -0.507 e. The monoisotopic (exact) mass is 236 g/mol. The molecule has 2 rings (SSSR count). The first-order chi connectivity index (χ1) is 8.13. The van der Waals surface area contributed by atoms with E-state index >= 15 is 0 Å². The molecular weight excluding hydrogens is 220 g/mol. The molecule has 17 heavy (non-hydrogen) atoms. The van der Waals surface area contributed by atoms with Crippen molar-refractivity contribution in [1.29, 1.82) is 0 Å². The van der Waals surface area contributed by atoms with E-state index in [1.54, 1.807) is 0 Å². The van der Waals surface area contributed by atoms with Gasteiger partial charge >= 0.3 is 0 Å². The van der Waals surface area contributed by atoms with Gasteiger partial charge < -0.3 is 5.11 Å². The zero-order chi connectivity index (χ0) is 12.4. The number of hydrazine groups is 2. The molecule has 2 unspecified atom stereocenters. The minimum atomic E-state index is -0.384. The van der Waals surface area contributed by atoms with Gasteiger partial charge in [-0.25, -0.2) is 16.7 Å². The molecule has 0 radical (unpaired) electrons. The molecule has 1 amide bonds. The second-order valence-electron chi connectivity index (χ2n) is 4.15. The Labute approximate surface area is 99.1 Å². The third-order valence-electron chi connectivity index (χ3n) is 3.01. The van der Waals surface area contributed by atoms with Crippen LogP contribution in [0, 0.1) is 6.92 Å². The number of aromatic hydroxyl groups is 1. The SMILES string of the molecule is Cc1cccc(C2CC(C(=O)NN)NN2)c1O. The van der Waals surface area contributed by atoms with Crippen LogP contribution in [0.3, 0.4) is 0 Å². The molecule has 1 aliphatic rings. The molecule has 1 heterocycles. The second kappa shape index (κ2) is 4.70. The molecule has 1 aromatic carbocycles. The molecule has 2 atom stereocenters. The van der Waals surface area contributed by atoms with Crippen molar-refractivity contribution in [2.24, 2.45) is 5.84 Å². The van der Waals surface area contributed by atoms with Gasteiger partial charge in [-0.3, -0.25) is 10.2 Å². The first-order valence-corrected chi connectivity index (χ1v) is 5.43. The zero-order valence-electron chi connectivity index (χ0n) is 9.53. The summed E-state index contributed by atoms with van der Waals surface area (Å²) in [7, 11) is 0. The van der Waals surface area contributed by atoms with Crippen molar-refractivity contribution in [2.75, 3.05) is 0 Å². The Hall–Kier alpha value is -1.63. The number of carbonyl (C=O) groups excluding carboxylic acids is 1. The van der Waals surface area contributed by atoms with Crippen molar-refractivity contribution in [3.8, 4) is 5.75 Å². The Morgan fingerprint density at radius 1 is 1.53 bits per heavy atom. The highest BCUT2D eigenvalue weighted by Gasteiger charge is 2.31. The highest BCUT2D eigenvalue weighted by atomic mass is 16.3. The van der Waals surface area contributed by atoms with Crippen LogP contribution in [0.4, 0.5) is 0 Å². The number of hydrogen-bond acceptors (Lipinski definition) is 5. The van der Waals surface area contributed by atoms with Crippen molar-refractivity contribution in [2.45, 2.75) is 25.4 Å². The van der Waals surface area contributed by atoms with Crippen LogP contribution in [0.15, 0.2) is 18.2 Å². The molecule has 1 aliphatic heterocycles. The summed E-state index contributed by atoms with van der Waals surface area (Å²) >= 11 is 0. The van der Waals surface area contributed by atoms with Crippen LogP contribution in [-0.4, -0.2) is 17.1 Å². The average molecular weight is 236 g/mol. The van der Waals surface area contributed by atoms with Crippen LogP contribution in [0.2, 0.25) is 0 Å². The minimum absolute atomic E-state index is 0.0998. The van der Waals surface area contributed by atoms with E-state index in [-0.39, 0.29) is 23.7 Å². The van der Waals surface area contributed by atoms with Crippen LogP contribution >= 0.6 is 0 Å². The van der Waals surface area contributed by atoms with Crippen LogP contribution in [0.25, 0.3) is 0 Å². The molecule has 0 aliphatic carbocycles. The molecular formula is C11H16N4O2. The van der Waals surface area contributed by atoms with Crippen molar-refractivity contribution >= 4 is 5.91 Å². The Kier molecular flexibility index (Phi) is 3.28. The molecule has 1 fully saturated rings. The van der Waals surface area contributed by atoms with Gasteiger partial charge in [0.1, 0.15) is 11.8 Å². The highest BCUT2D eigenvalue weighted by Crippen LogP contribution is 2.31. The number of aryl methyl sites for hydroxylation is 1. The maximum Gasteiger partial charge on any atom is 0.252 e. The Balaban J connectivity index is 2.15. The first kappa shape index (κ1) is 11.8. The van der Waals surface area contributed by atoms with E-state index in [1.807, 2.05) is 25.1 Å². The second-order valence-corrected chi connectivity index (χ2v) is 4.15. The van der Waals surface area contributed by atoms with Gasteiger partial charge in [0.05, 0.1) is 6.04 Å². The highest BCUT2D eigenvalue weighted by molar-refractivity contribution is 5.81. The van der Waals surface area contributed by atoms with Gasteiger partial charge in [-0.05, 0) is 18.9 Å². The fourth-order valence-corrected chi connectivity index (χ4v) is 2.00. The molecule has 0 spiro atoms. The predicted octanol–water partition coefficient (Wildman–Crippen LogP) is -0.402. The maximum atomic E-state index is 11.3. The van der Waals surface area contributed by atoms with E-state index in [4.69, 9.17) is 5.84 Å². The van der Waals surface area contributed by atoms with E-state index in [1.165, 1.54) is 0 Å². The van der Waals surface area contributed by atoms with Gasteiger partial charge in [0.2, 0.25) is 0 Å². The topological polar surface area (TPSA) is 99.4 Å². The predicted molar refractivity (Wildman–Crippen MR) is 62.6 cm³/mol. The van der Waals surface area contributed by atoms with Gasteiger partial charge in [-0.2, -0.15) is 0 Å². The van der Waals surface area contributed by atoms with Gasteiger partial charge in [0, 0.05) is 5.56 Å². The van der Waals surface area contributed by atoms with Crippen molar-refractivity contribution in [3.05, 3.63) is 29.3 Å². The van der Waals surface area contributed by atoms with E-state index in [9.17, 15) is 9.90 Å². The van der Waals surface area contributed by atoms with Crippen molar-refractivity contribution in [1.82, 2.24) is 16.3 Å². The third kappa shape index (κ3) is 2.23. The number of phenols is 1. The number of nitrogens with one attached hydrogen (secondary N) is 3. The molecule has 6 N–H and O–H groups in total. The van der Waals surface area contributed by atoms with Crippen molar-refractivity contribution in [3.63, 3.8) is 0 Å². The Morgan fingerprint density at radius 3 is 3.00 bits per heavy atom. The summed E-state index contributed by atoms with van der Waals surface area (Å²) < 4.78 is 0. The lowest BCUT2D eigenvalue weighted by Crippen LogP contribution is -2.45. The van der Waals surface area contributed by atoms with E-state index < -0.39 is 0 Å². The number of hydrogen-bond donors (Lipinski definition) is 5.